The Balaban J connectivity index is 0.00000288. The van der Waals surface area contributed by atoms with Gasteiger partial charge in [0.05, 0.1) is 0 Å². The van der Waals surface area contributed by atoms with E-state index in [0.29, 0.717) is 12.5 Å². The molecule has 0 saturated carbocycles. The summed E-state index contributed by atoms with van der Waals surface area (Å²) >= 11 is 0. The van der Waals surface area contributed by atoms with Crippen LogP contribution in [0.3, 0.4) is 0 Å². The first kappa shape index (κ1) is 21.2. The maximum absolute atomic E-state index is 13.3. The Kier molecular flexibility index (Phi) is 9.58. The summed E-state index contributed by atoms with van der Waals surface area (Å²) in [5.41, 5.74) is 0.954. The molecule has 4 nitrogen and oxygen atoms in total. The molecule has 1 heterocycles. The summed E-state index contributed by atoms with van der Waals surface area (Å²) in [7, 11) is 4.18. The van der Waals surface area contributed by atoms with Crippen molar-refractivity contribution in [2.24, 2.45) is 10.9 Å². The maximum atomic E-state index is 13.3. The highest BCUT2D eigenvalue weighted by Crippen LogP contribution is 2.15. The molecule has 0 spiro atoms. The van der Waals surface area contributed by atoms with E-state index in [1.54, 1.807) is 12.1 Å². The molecule has 2 rings (SSSR count). The molecule has 1 aliphatic rings. The molecule has 6 heteroatoms. The molecule has 1 fully saturated rings. The van der Waals surface area contributed by atoms with Crippen LogP contribution in [0.2, 0.25) is 0 Å². The summed E-state index contributed by atoms with van der Waals surface area (Å²) < 4.78 is 13.3. The highest BCUT2D eigenvalue weighted by Gasteiger charge is 2.17. The van der Waals surface area contributed by atoms with E-state index >= 15 is 0 Å². The number of likely N-dealkylation sites (tertiary alicyclic amines) is 1. The van der Waals surface area contributed by atoms with Crippen LogP contribution in [0.15, 0.2) is 29.3 Å². The number of aliphatic imine (C=N–C) groups is 1. The van der Waals surface area contributed by atoms with Crippen LogP contribution in [0.25, 0.3) is 0 Å². The van der Waals surface area contributed by atoms with Crippen molar-refractivity contribution in [2.45, 2.75) is 26.3 Å². The minimum atomic E-state index is -0.192. The molecule has 0 aliphatic carbocycles. The Morgan fingerprint density at radius 3 is 2.92 bits per heavy atom. The minimum absolute atomic E-state index is 0. The first-order valence-electron chi connectivity index (χ1n) is 8.51. The lowest BCUT2D eigenvalue weighted by molar-refractivity contribution is 0.214. The average Bonchev–Trinajstić information content (AvgIpc) is 2.51. The fraction of sp³-hybridized carbons (Fsp3) is 0.611. The largest absolute Gasteiger partial charge is 0.357 e. The zero-order valence-corrected chi connectivity index (χ0v) is 17.3. The quantitative estimate of drug-likeness (QED) is 0.427. The molecule has 136 valence electrons. The number of rotatable bonds is 5. The summed E-state index contributed by atoms with van der Waals surface area (Å²) in [5, 5.41) is 3.34. The van der Waals surface area contributed by atoms with E-state index in [-0.39, 0.29) is 29.8 Å². The number of nitrogens with zero attached hydrogens (tertiary/aromatic N) is 3. The van der Waals surface area contributed by atoms with Crippen molar-refractivity contribution in [3.05, 3.63) is 35.6 Å². The van der Waals surface area contributed by atoms with Crippen LogP contribution in [-0.2, 0) is 6.54 Å². The van der Waals surface area contributed by atoms with Crippen molar-refractivity contribution in [3.8, 4) is 0 Å². The normalized spacial score (nSPS) is 18.8. The molecule has 1 aliphatic heterocycles. The van der Waals surface area contributed by atoms with Gasteiger partial charge >= 0.3 is 0 Å². The van der Waals surface area contributed by atoms with Crippen LogP contribution in [0.4, 0.5) is 4.39 Å². The molecule has 1 atom stereocenters. The van der Waals surface area contributed by atoms with E-state index in [1.165, 1.54) is 25.5 Å². The standard InChI is InChI=1S/C18H29FN4.HI/c1-4-20-18(21-12-16-8-6-10-22(2)13-16)23(3)14-15-7-5-9-17(19)11-15;/h5,7,9,11,16H,4,6,8,10,12-14H2,1-3H3,(H,20,21);1H. The number of hydrogen-bond donors (Lipinski definition) is 1. The second-order valence-corrected chi connectivity index (χ2v) is 6.45. The summed E-state index contributed by atoms with van der Waals surface area (Å²) in [6, 6.07) is 6.75. The third-order valence-electron chi connectivity index (χ3n) is 4.23. The molecule has 0 amide bonds. The summed E-state index contributed by atoms with van der Waals surface area (Å²) in [5.74, 6) is 1.33. The van der Waals surface area contributed by atoms with Crippen LogP contribution in [0.1, 0.15) is 25.3 Å². The van der Waals surface area contributed by atoms with E-state index in [0.717, 1.165) is 31.2 Å². The topological polar surface area (TPSA) is 30.9 Å². The summed E-state index contributed by atoms with van der Waals surface area (Å²) in [6.07, 6.45) is 2.51. The Labute approximate surface area is 162 Å². The first-order valence-corrected chi connectivity index (χ1v) is 8.51. The predicted octanol–water partition coefficient (Wildman–Crippen LogP) is 3.18. The molecule has 24 heavy (non-hydrogen) atoms. The van der Waals surface area contributed by atoms with Gasteiger partial charge in [0.1, 0.15) is 5.82 Å². The average molecular weight is 448 g/mol. The third kappa shape index (κ3) is 6.93. The predicted molar refractivity (Wildman–Crippen MR) is 109 cm³/mol. The minimum Gasteiger partial charge on any atom is -0.357 e. The smallest absolute Gasteiger partial charge is 0.193 e. The number of hydrogen-bond acceptors (Lipinski definition) is 2. The molecule has 1 saturated heterocycles. The van der Waals surface area contributed by atoms with Gasteiger partial charge in [-0.25, -0.2) is 4.39 Å². The van der Waals surface area contributed by atoms with Gasteiger partial charge in [-0.1, -0.05) is 12.1 Å². The van der Waals surface area contributed by atoms with Gasteiger partial charge in [0.15, 0.2) is 5.96 Å². The number of halogens is 2. The Hall–Kier alpha value is -0.890. The molecule has 1 aromatic carbocycles. The van der Waals surface area contributed by atoms with Crippen molar-refractivity contribution in [1.82, 2.24) is 15.1 Å². The van der Waals surface area contributed by atoms with E-state index in [4.69, 9.17) is 4.99 Å². The number of piperidine rings is 1. The number of guanidine groups is 1. The van der Waals surface area contributed by atoms with E-state index < -0.39 is 0 Å². The van der Waals surface area contributed by atoms with Crippen LogP contribution >= 0.6 is 24.0 Å². The molecular formula is C18H30FIN4. The van der Waals surface area contributed by atoms with Gasteiger partial charge < -0.3 is 15.1 Å². The molecule has 0 radical (unpaired) electrons. The van der Waals surface area contributed by atoms with E-state index in [1.807, 2.05) is 13.1 Å². The van der Waals surface area contributed by atoms with Gasteiger partial charge in [0.2, 0.25) is 0 Å². The number of nitrogens with one attached hydrogen (secondary N) is 1. The van der Waals surface area contributed by atoms with Crippen molar-refractivity contribution in [1.29, 1.82) is 0 Å². The van der Waals surface area contributed by atoms with Gasteiger partial charge in [-0.3, -0.25) is 4.99 Å². The fourth-order valence-electron chi connectivity index (χ4n) is 3.09. The second-order valence-electron chi connectivity index (χ2n) is 6.45. The van der Waals surface area contributed by atoms with Crippen molar-refractivity contribution in [3.63, 3.8) is 0 Å². The van der Waals surface area contributed by atoms with Crippen molar-refractivity contribution < 1.29 is 4.39 Å². The Morgan fingerprint density at radius 1 is 1.46 bits per heavy atom. The summed E-state index contributed by atoms with van der Waals surface area (Å²) in [4.78, 5) is 9.24. The van der Waals surface area contributed by atoms with E-state index in [9.17, 15) is 4.39 Å². The molecule has 0 bridgehead atoms. The molecule has 1 aromatic rings. The lowest BCUT2D eigenvalue weighted by Crippen LogP contribution is -2.39. The molecule has 1 N–H and O–H groups in total. The number of benzene rings is 1. The second kappa shape index (κ2) is 10.9. The van der Waals surface area contributed by atoms with Crippen molar-refractivity contribution >= 4 is 29.9 Å². The SMILES string of the molecule is CCNC(=NCC1CCCN(C)C1)N(C)Cc1cccc(F)c1.I. The first-order chi connectivity index (χ1) is 11.1. The van der Waals surface area contributed by atoms with Crippen LogP contribution < -0.4 is 5.32 Å². The fourth-order valence-corrected chi connectivity index (χ4v) is 3.09. The van der Waals surface area contributed by atoms with Crippen LogP contribution in [0.5, 0.6) is 0 Å². The molecular weight excluding hydrogens is 418 g/mol. The Morgan fingerprint density at radius 2 is 2.25 bits per heavy atom. The van der Waals surface area contributed by atoms with Gasteiger partial charge in [-0.2, -0.15) is 0 Å². The van der Waals surface area contributed by atoms with Gasteiger partial charge in [0, 0.05) is 33.2 Å². The summed E-state index contributed by atoms with van der Waals surface area (Å²) in [6.45, 7) is 6.71. The zero-order valence-electron chi connectivity index (χ0n) is 15.0. The zero-order chi connectivity index (χ0) is 16.7. The van der Waals surface area contributed by atoms with Crippen LogP contribution in [0, 0.1) is 11.7 Å². The maximum Gasteiger partial charge on any atom is 0.193 e. The Bertz CT molecular complexity index is 523. The lowest BCUT2D eigenvalue weighted by atomic mass is 9.99. The van der Waals surface area contributed by atoms with Crippen LogP contribution in [-0.4, -0.2) is 56.0 Å². The third-order valence-corrected chi connectivity index (χ3v) is 4.23. The monoisotopic (exact) mass is 448 g/mol. The van der Waals surface area contributed by atoms with Gasteiger partial charge in [0.25, 0.3) is 0 Å². The van der Waals surface area contributed by atoms with Crippen molar-refractivity contribution in [2.75, 3.05) is 40.3 Å². The van der Waals surface area contributed by atoms with E-state index in [2.05, 4.69) is 29.1 Å². The highest BCUT2D eigenvalue weighted by atomic mass is 127. The van der Waals surface area contributed by atoms with Gasteiger partial charge in [-0.05, 0) is 57.0 Å². The molecule has 0 aromatic heterocycles. The van der Waals surface area contributed by atoms with Gasteiger partial charge in [-0.15, -0.1) is 24.0 Å². The highest BCUT2D eigenvalue weighted by molar-refractivity contribution is 14.0. The lowest BCUT2D eigenvalue weighted by Gasteiger charge is -2.29. The molecule has 1 unspecified atom stereocenters.